The molecule has 0 bridgehead atoms. The zero-order chi connectivity index (χ0) is 10.8. The van der Waals surface area contributed by atoms with E-state index in [1.807, 2.05) is 12.1 Å². The summed E-state index contributed by atoms with van der Waals surface area (Å²) in [4.78, 5) is 4.05. The lowest BCUT2D eigenvalue weighted by Gasteiger charge is -2.04. The minimum atomic E-state index is 0.284. The van der Waals surface area contributed by atoms with Gasteiger partial charge in [-0.15, -0.1) is 0 Å². The average molecular weight is 203 g/mol. The Hall–Kier alpha value is -1.84. The summed E-state index contributed by atoms with van der Waals surface area (Å²) >= 11 is 0. The molecule has 15 heavy (non-hydrogen) atoms. The lowest BCUT2D eigenvalue weighted by Crippen LogP contribution is -1.94. The quantitative estimate of drug-likeness (QED) is 0.814. The molecule has 0 aromatic carbocycles. The van der Waals surface area contributed by atoms with E-state index in [9.17, 15) is 0 Å². The van der Waals surface area contributed by atoms with Gasteiger partial charge in [0.25, 0.3) is 0 Å². The Morgan fingerprint density at radius 2 is 2.20 bits per heavy atom. The van der Waals surface area contributed by atoms with E-state index in [0.29, 0.717) is 5.88 Å². The normalized spacial score (nSPS) is 10.9. The molecule has 0 atom stereocenters. The molecule has 2 aromatic rings. The molecule has 0 fully saturated rings. The van der Waals surface area contributed by atoms with Crippen molar-refractivity contribution < 1.29 is 4.52 Å². The van der Waals surface area contributed by atoms with Gasteiger partial charge >= 0.3 is 0 Å². The molecule has 0 aliphatic carbocycles. The van der Waals surface area contributed by atoms with Gasteiger partial charge < -0.3 is 10.3 Å². The molecule has 0 saturated carbocycles. The van der Waals surface area contributed by atoms with E-state index >= 15 is 0 Å². The highest BCUT2D eigenvalue weighted by Crippen LogP contribution is 2.32. The summed E-state index contributed by atoms with van der Waals surface area (Å²) in [6, 6.07) is 3.81. The van der Waals surface area contributed by atoms with E-state index in [1.54, 1.807) is 12.4 Å². The van der Waals surface area contributed by atoms with Gasteiger partial charge in [0.05, 0.1) is 0 Å². The average Bonchev–Trinajstić information content (AvgIpc) is 2.61. The van der Waals surface area contributed by atoms with Crippen LogP contribution in [0.25, 0.3) is 11.3 Å². The topological polar surface area (TPSA) is 64.9 Å². The van der Waals surface area contributed by atoms with Gasteiger partial charge in [-0.2, -0.15) is 0 Å². The number of pyridine rings is 1. The predicted molar refractivity (Wildman–Crippen MR) is 58.2 cm³/mol. The van der Waals surface area contributed by atoms with Crippen molar-refractivity contribution in [1.29, 1.82) is 0 Å². The molecule has 0 aliphatic heterocycles. The maximum Gasteiger partial charge on any atom is 0.226 e. The van der Waals surface area contributed by atoms with Crippen LogP contribution >= 0.6 is 0 Å². The van der Waals surface area contributed by atoms with E-state index in [-0.39, 0.29) is 5.92 Å². The number of aromatic nitrogens is 2. The molecule has 4 heteroatoms. The molecule has 0 spiro atoms. The van der Waals surface area contributed by atoms with Crippen LogP contribution in [0.2, 0.25) is 0 Å². The Morgan fingerprint density at radius 3 is 2.80 bits per heavy atom. The monoisotopic (exact) mass is 203 g/mol. The molecule has 0 amide bonds. The summed E-state index contributed by atoms with van der Waals surface area (Å²) in [6.45, 7) is 4.12. The van der Waals surface area contributed by atoms with Crippen LogP contribution in [-0.2, 0) is 0 Å². The number of anilines is 1. The van der Waals surface area contributed by atoms with Gasteiger partial charge in [-0.3, -0.25) is 4.98 Å². The largest absolute Gasteiger partial charge is 0.367 e. The number of hydrogen-bond acceptors (Lipinski definition) is 4. The molecule has 4 nitrogen and oxygen atoms in total. The Balaban J connectivity index is 2.54. The number of rotatable bonds is 2. The van der Waals surface area contributed by atoms with Crippen LogP contribution in [0.15, 0.2) is 29.0 Å². The summed E-state index contributed by atoms with van der Waals surface area (Å²) in [5.74, 6) is 0.676. The molecule has 0 aliphatic rings. The van der Waals surface area contributed by atoms with Crippen LogP contribution in [-0.4, -0.2) is 10.1 Å². The highest BCUT2D eigenvalue weighted by atomic mass is 16.5. The third kappa shape index (κ3) is 1.70. The lowest BCUT2D eigenvalue weighted by molar-refractivity contribution is 0.438. The maximum atomic E-state index is 5.73. The molecule has 2 rings (SSSR count). The van der Waals surface area contributed by atoms with Crippen molar-refractivity contribution in [3.8, 4) is 11.3 Å². The van der Waals surface area contributed by atoms with Crippen molar-refractivity contribution in [2.45, 2.75) is 19.8 Å². The fourth-order valence-electron chi connectivity index (χ4n) is 1.58. The standard InChI is InChI=1S/C11H13N3O/c1-7(2)9-10(14-15-11(9)12)8-4-3-5-13-6-8/h3-7H,12H2,1-2H3. The van der Waals surface area contributed by atoms with Gasteiger partial charge in [-0.1, -0.05) is 19.0 Å². The van der Waals surface area contributed by atoms with E-state index in [1.165, 1.54) is 0 Å². The summed E-state index contributed by atoms with van der Waals surface area (Å²) in [5, 5.41) is 3.97. The minimum absolute atomic E-state index is 0.284. The molecular formula is C11H13N3O. The fourth-order valence-corrected chi connectivity index (χ4v) is 1.58. The highest BCUT2D eigenvalue weighted by molar-refractivity contribution is 5.66. The van der Waals surface area contributed by atoms with Crippen molar-refractivity contribution in [2.24, 2.45) is 0 Å². The first-order valence-corrected chi connectivity index (χ1v) is 4.85. The third-order valence-corrected chi connectivity index (χ3v) is 2.27. The lowest BCUT2D eigenvalue weighted by atomic mass is 10.00. The van der Waals surface area contributed by atoms with Crippen molar-refractivity contribution in [3.05, 3.63) is 30.1 Å². The second kappa shape index (κ2) is 3.73. The number of nitrogens with zero attached hydrogens (tertiary/aromatic N) is 2. The first-order valence-electron chi connectivity index (χ1n) is 4.85. The summed E-state index contributed by atoms with van der Waals surface area (Å²) in [5.41, 5.74) is 8.40. The molecule has 0 saturated heterocycles. The Kier molecular flexibility index (Phi) is 2.41. The minimum Gasteiger partial charge on any atom is -0.367 e. The third-order valence-electron chi connectivity index (χ3n) is 2.27. The SMILES string of the molecule is CC(C)c1c(-c2cccnc2)noc1N. The summed E-state index contributed by atoms with van der Waals surface area (Å²) < 4.78 is 5.01. The number of nitrogen functional groups attached to an aromatic ring is 1. The smallest absolute Gasteiger partial charge is 0.226 e. The Bertz CT molecular complexity index is 448. The second-order valence-corrected chi connectivity index (χ2v) is 3.71. The first kappa shape index (κ1) is 9.71. The highest BCUT2D eigenvalue weighted by Gasteiger charge is 2.17. The van der Waals surface area contributed by atoms with Crippen molar-refractivity contribution in [1.82, 2.24) is 10.1 Å². The van der Waals surface area contributed by atoms with Gasteiger partial charge in [-0.25, -0.2) is 0 Å². The fraction of sp³-hybridized carbons (Fsp3) is 0.273. The molecule has 78 valence electrons. The Labute approximate surface area is 88.1 Å². The first-order chi connectivity index (χ1) is 7.20. The molecule has 0 unspecified atom stereocenters. The number of nitrogens with two attached hydrogens (primary N) is 1. The molecular weight excluding hydrogens is 190 g/mol. The van der Waals surface area contributed by atoms with E-state index in [0.717, 1.165) is 16.8 Å². The Morgan fingerprint density at radius 1 is 1.40 bits per heavy atom. The van der Waals surface area contributed by atoms with Crippen molar-refractivity contribution >= 4 is 5.88 Å². The molecule has 0 radical (unpaired) electrons. The molecule has 2 heterocycles. The maximum absolute atomic E-state index is 5.73. The van der Waals surface area contributed by atoms with Crippen LogP contribution in [0.5, 0.6) is 0 Å². The van der Waals surface area contributed by atoms with Crippen LogP contribution in [0.3, 0.4) is 0 Å². The van der Waals surface area contributed by atoms with Crippen LogP contribution in [0.1, 0.15) is 25.3 Å². The van der Waals surface area contributed by atoms with Crippen LogP contribution in [0, 0.1) is 0 Å². The van der Waals surface area contributed by atoms with Gasteiger partial charge in [-0.05, 0) is 18.1 Å². The van der Waals surface area contributed by atoms with E-state index in [4.69, 9.17) is 10.3 Å². The molecule has 2 aromatic heterocycles. The van der Waals surface area contributed by atoms with Gasteiger partial charge in [0, 0.05) is 23.5 Å². The van der Waals surface area contributed by atoms with Crippen LogP contribution in [0.4, 0.5) is 5.88 Å². The summed E-state index contributed by atoms with van der Waals surface area (Å²) in [7, 11) is 0. The zero-order valence-corrected chi connectivity index (χ0v) is 8.77. The van der Waals surface area contributed by atoms with Gasteiger partial charge in [0.15, 0.2) is 0 Å². The van der Waals surface area contributed by atoms with Gasteiger partial charge in [0.1, 0.15) is 5.69 Å². The predicted octanol–water partition coefficient (Wildman–Crippen LogP) is 2.44. The van der Waals surface area contributed by atoms with E-state index in [2.05, 4.69) is 24.0 Å². The second-order valence-electron chi connectivity index (χ2n) is 3.71. The van der Waals surface area contributed by atoms with Crippen molar-refractivity contribution in [3.63, 3.8) is 0 Å². The zero-order valence-electron chi connectivity index (χ0n) is 8.77. The summed E-state index contributed by atoms with van der Waals surface area (Å²) in [6.07, 6.45) is 3.48. The number of hydrogen-bond donors (Lipinski definition) is 1. The van der Waals surface area contributed by atoms with Gasteiger partial charge in [0.2, 0.25) is 5.88 Å². The molecule has 2 N–H and O–H groups in total. The van der Waals surface area contributed by atoms with E-state index < -0.39 is 0 Å². The van der Waals surface area contributed by atoms with Crippen LogP contribution < -0.4 is 5.73 Å². The van der Waals surface area contributed by atoms with Crippen molar-refractivity contribution in [2.75, 3.05) is 5.73 Å².